The van der Waals surface area contributed by atoms with Crippen LogP contribution in [-0.2, 0) is 19.0 Å². The van der Waals surface area contributed by atoms with Crippen LogP contribution in [-0.4, -0.2) is 22.8 Å². The molecule has 1 atom stereocenters. The number of halogens is 4. The Hall–Kier alpha value is -2.90. The molecule has 2 aromatic carbocycles. The van der Waals surface area contributed by atoms with Gasteiger partial charge in [0.15, 0.2) is 0 Å². The summed E-state index contributed by atoms with van der Waals surface area (Å²) in [5.41, 5.74) is 4.14. The number of rotatable bonds is 7. The second kappa shape index (κ2) is 10.2. The standard InChI is InChI=1S/C26H27ClF3N3O/c1-5-21-19(12-16-6-9-18(10-7-16)26(28,29)30)24(27)20-13-17(8-11-22(20)33-21)25(34)23(14(2)31)15(3)32-4/h6-11,13,25,31-32,34H,5,12H2,1-4H3/b23-15+,31-14?. The molecule has 1 unspecified atom stereocenters. The third-order valence-electron chi connectivity index (χ3n) is 5.90. The minimum absolute atomic E-state index is 0.244. The molecule has 0 aliphatic rings. The van der Waals surface area contributed by atoms with Crippen LogP contribution in [0.5, 0.6) is 0 Å². The van der Waals surface area contributed by atoms with Crippen molar-refractivity contribution in [1.82, 2.24) is 10.3 Å². The van der Waals surface area contributed by atoms with E-state index in [2.05, 4.69) is 5.32 Å². The number of nitrogens with zero attached hydrogens (tertiary/aromatic N) is 1. The minimum atomic E-state index is -4.39. The first-order valence-electron chi connectivity index (χ1n) is 10.9. The quantitative estimate of drug-likeness (QED) is 0.326. The molecule has 8 heteroatoms. The van der Waals surface area contributed by atoms with Crippen molar-refractivity contribution in [3.63, 3.8) is 0 Å². The molecular weight excluding hydrogens is 463 g/mol. The molecule has 180 valence electrons. The Morgan fingerprint density at radius 2 is 1.79 bits per heavy atom. The van der Waals surface area contributed by atoms with E-state index in [9.17, 15) is 18.3 Å². The van der Waals surface area contributed by atoms with Crippen LogP contribution < -0.4 is 5.32 Å². The van der Waals surface area contributed by atoms with Crippen LogP contribution in [0.1, 0.15) is 54.8 Å². The first-order valence-corrected chi connectivity index (χ1v) is 11.2. The number of hydrogen-bond acceptors (Lipinski definition) is 4. The van der Waals surface area contributed by atoms with Gasteiger partial charge in [-0.1, -0.05) is 36.7 Å². The van der Waals surface area contributed by atoms with E-state index in [0.717, 1.165) is 23.4 Å². The number of aromatic nitrogens is 1. The lowest BCUT2D eigenvalue weighted by Gasteiger charge is -2.19. The highest BCUT2D eigenvalue weighted by Gasteiger charge is 2.30. The highest BCUT2D eigenvalue weighted by Crippen LogP contribution is 2.35. The summed E-state index contributed by atoms with van der Waals surface area (Å²) >= 11 is 6.82. The molecule has 34 heavy (non-hydrogen) atoms. The molecule has 0 aliphatic heterocycles. The molecule has 0 aliphatic carbocycles. The fourth-order valence-electron chi connectivity index (χ4n) is 3.98. The number of fused-ring (bicyclic) bond motifs is 1. The molecule has 0 radical (unpaired) electrons. The summed E-state index contributed by atoms with van der Waals surface area (Å²) in [5.74, 6) is 0. The number of aliphatic hydroxyl groups excluding tert-OH is 1. The van der Waals surface area contributed by atoms with Gasteiger partial charge in [-0.15, -0.1) is 0 Å². The summed E-state index contributed by atoms with van der Waals surface area (Å²) in [7, 11) is 1.73. The lowest BCUT2D eigenvalue weighted by molar-refractivity contribution is -0.137. The van der Waals surface area contributed by atoms with Gasteiger partial charge in [-0.3, -0.25) is 4.98 Å². The third kappa shape index (κ3) is 5.26. The molecule has 1 heterocycles. The van der Waals surface area contributed by atoms with Crippen molar-refractivity contribution in [2.45, 2.75) is 45.9 Å². The molecule has 0 bridgehead atoms. The van der Waals surface area contributed by atoms with E-state index in [0.29, 0.717) is 51.2 Å². The fourth-order valence-corrected chi connectivity index (χ4v) is 4.31. The lowest BCUT2D eigenvalue weighted by Crippen LogP contribution is -2.16. The normalized spacial score (nSPS) is 13.6. The maximum atomic E-state index is 12.9. The van der Waals surface area contributed by atoms with E-state index in [1.165, 1.54) is 12.1 Å². The smallest absolute Gasteiger partial charge is 0.391 e. The first-order chi connectivity index (χ1) is 16.0. The Balaban J connectivity index is 2.08. The van der Waals surface area contributed by atoms with Crippen molar-refractivity contribution < 1.29 is 18.3 Å². The fraction of sp³-hybridized carbons (Fsp3) is 0.308. The first kappa shape index (κ1) is 25.7. The van der Waals surface area contributed by atoms with Crippen LogP contribution in [0.4, 0.5) is 13.2 Å². The maximum Gasteiger partial charge on any atom is 0.416 e. The molecule has 3 rings (SSSR count). The topological polar surface area (TPSA) is 69.0 Å². The zero-order chi connectivity index (χ0) is 25.2. The Kier molecular flexibility index (Phi) is 7.68. The van der Waals surface area contributed by atoms with Crippen LogP contribution in [0.25, 0.3) is 10.9 Å². The van der Waals surface area contributed by atoms with Crippen LogP contribution in [0.3, 0.4) is 0 Å². The van der Waals surface area contributed by atoms with Crippen LogP contribution in [0.15, 0.2) is 53.7 Å². The van der Waals surface area contributed by atoms with E-state index in [1.807, 2.05) is 6.92 Å². The van der Waals surface area contributed by atoms with Gasteiger partial charge in [0.1, 0.15) is 6.10 Å². The number of nitrogens with one attached hydrogen (secondary N) is 2. The summed E-state index contributed by atoms with van der Waals surface area (Å²) in [6, 6.07) is 10.3. The van der Waals surface area contributed by atoms with Gasteiger partial charge >= 0.3 is 6.18 Å². The maximum absolute atomic E-state index is 12.9. The molecule has 3 aromatic rings. The van der Waals surface area contributed by atoms with Crippen molar-refractivity contribution in [2.75, 3.05) is 7.05 Å². The van der Waals surface area contributed by atoms with Crippen molar-refractivity contribution >= 4 is 28.2 Å². The van der Waals surface area contributed by atoms with Gasteiger partial charge in [0.05, 0.1) is 16.1 Å². The van der Waals surface area contributed by atoms with Crippen molar-refractivity contribution in [3.8, 4) is 0 Å². The zero-order valence-electron chi connectivity index (χ0n) is 19.4. The van der Waals surface area contributed by atoms with Gasteiger partial charge in [-0.2, -0.15) is 13.2 Å². The molecular formula is C26H27ClF3N3O. The van der Waals surface area contributed by atoms with Gasteiger partial charge < -0.3 is 15.8 Å². The number of allylic oxidation sites excluding steroid dienone is 1. The number of aryl methyl sites for hydroxylation is 1. The molecule has 0 spiro atoms. The summed E-state index contributed by atoms with van der Waals surface area (Å²) in [4.78, 5) is 4.73. The molecule has 3 N–H and O–H groups in total. The van der Waals surface area contributed by atoms with Crippen molar-refractivity contribution in [3.05, 3.63) is 86.7 Å². The van der Waals surface area contributed by atoms with Gasteiger partial charge in [0.25, 0.3) is 0 Å². The Labute approximate surface area is 202 Å². The van der Waals surface area contributed by atoms with Crippen molar-refractivity contribution in [2.24, 2.45) is 0 Å². The average Bonchev–Trinajstić information content (AvgIpc) is 2.79. The van der Waals surface area contributed by atoms with E-state index in [4.69, 9.17) is 22.0 Å². The zero-order valence-corrected chi connectivity index (χ0v) is 20.2. The predicted molar refractivity (Wildman–Crippen MR) is 131 cm³/mol. The van der Waals surface area contributed by atoms with Gasteiger partial charge in [-0.05, 0) is 61.2 Å². The highest BCUT2D eigenvalue weighted by atomic mass is 35.5. The molecule has 4 nitrogen and oxygen atoms in total. The molecule has 0 amide bonds. The van der Waals surface area contributed by atoms with E-state index in [1.54, 1.807) is 39.1 Å². The Morgan fingerprint density at radius 3 is 2.32 bits per heavy atom. The average molecular weight is 490 g/mol. The molecule has 0 saturated carbocycles. The summed E-state index contributed by atoms with van der Waals surface area (Å²) in [6.07, 6.45) is -4.48. The van der Waals surface area contributed by atoms with E-state index in [-0.39, 0.29) is 5.71 Å². The van der Waals surface area contributed by atoms with Crippen LogP contribution in [0, 0.1) is 5.41 Å². The number of alkyl halides is 3. The number of hydrogen-bond donors (Lipinski definition) is 3. The number of benzene rings is 2. The second-order valence-corrected chi connectivity index (χ2v) is 8.55. The largest absolute Gasteiger partial charge is 0.416 e. The summed E-state index contributed by atoms with van der Waals surface area (Å²) in [6.45, 7) is 5.36. The minimum Gasteiger partial charge on any atom is -0.391 e. The van der Waals surface area contributed by atoms with Gasteiger partial charge in [0, 0.05) is 41.5 Å². The Bertz CT molecular complexity index is 1250. The number of aliphatic hydroxyl groups is 1. The van der Waals surface area contributed by atoms with Crippen LogP contribution in [0.2, 0.25) is 5.02 Å². The van der Waals surface area contributed by atoms with Gasteiger partial charge in [-0.25, -0.2) is 0 Å². The molecule has 1 aromatic heterocycles. The van der Waals surface area contributed by atoms with Crippen molar-refractivity contribution in [1.29, 1.82) is 5.41 Å². The summed E-state index contributed by atoms with van der Waals surface area (Å²) in [5, 5.41) is 23.2. The third-order valence-corrected chi connectivity index (χ3v) is 6.33. The number of pyridine rings is 1. The predicted octanol–water partition coefficient (Wildman–Crippen LogP) is 6.63. The SMILES string of the molecule is CCc1nc2ccc(C(O)/C(C(C)=N)=C(\C)NC)cc2c(Cl)c1Cc1ccc(C(F)(F)F)cc1. The van der Waals surface area contributed by atoms with E-state index < -0.39 is 17.8 Å². The van der Waals surface area contributed by atoms with Gasteiger partial charge in [0.2, 0.25) is 0 Å². The summed E-state index contributed by atoms with van der Waals surface area (Å²) < 4.78 is 38.7. The Morgan fingerprint density at radius 1 is 1.15 bits per heavy atom. The monoisotopic (exact) mass is 489 g/mol. The lowest BCUT2D eigenvalue weighted by atomic mass is 9.94. The second-order valence-electron chi connectivity index (χ2n) is 8.17. The highest BCUT2D eigenvalue weighted by molar-refractivity contribution is 6.36. The molecule has 0 saturated heterocycles. The van der Waals surface area contributed by atoms with E-state index >= 15 is 0 Å². The molecule has 0 fully saturated rings. The van der Waals surface area contributed by atoms with Crippen LogP contribution >= 0.6 is 11.6 Å².